The van der Waals surface area contributed by atoms with Gasteiger partial charge in [0.05, 0.1) is 7.11 Å². The summed E-state index contributed by atoms with van der Waals surface area (Å²) >= 11 is 11.3. The Morgan fingerprint density at radius 3 is 2.69 bits per heavy atom. The van der Waals surface area contributed by atoms with Crippen molar-refractivity contribution in [1.29, 1.82) is 0 Å². The number of aromatic nitrogens is 3. The van der Waals surface area contributed by atoms with Gasteiger partial charge in [0, 0.05) is 26.5 Å². The number of carbonyl (C=O) groups is 1. The van der Waals surface area contributed by atoms with Crippen molar-refractivity contribution in [3.8, 4) is 11.5 Å². The molecule has 0 amide bonds. The molecule has 2 heterocycles. The normalized spacial score (nSPS) is 14.5. The van der Waals surface area contributed by atoms with Gasteiger partial charge in [-0.15, -0.1) is 5.10 Å². The number of nitrogens with zero attached hydrogens (tertiary/aromatic N) is 3. The molecular weight excluding hydrogens is 600 g/mol. The summed E-state index contributed by atoms with van der Waals surface area (Å²) in [5.41, 5.74) is 4.22. The Morgan fingerprint density at radius 1 is 1.13 bits per heavy atom. The van der Waals surface area contributed by atoms with Crippen LogP contribution in [0.1, 0.15) is 36.6 Å². The molecule has 0 radical (unpaired) electrons. The molecule has 200 valence electrons. The molecule has 0 spiro atoms. The Bertz CT molecular complexity index is 1570. The van der Waals surface area contributed by atoms with Crippen LogP contribution in [0, 0.1) is 0 Å². The minimum Gasteiger partial charge on any atom is -0.493 e. The van der Waals surface area contributed by atoms with E-state index in [0.29, 0.717) is 45.6 Å². The molecule has 5 rings (SSSR count). The molecule has 3 aromatic carbocycles. The van der Waals surface area contributed by atoms with Crippen molar-refractivity contribution in [3.63, 3.8) is 0 Å². The number of ether oxygens (including phenoxy) is 2. The smallest absolute Gasteiger partial charge is 0.227 e. The molecule has 1 atom stereocenters. The summed E-state index contributed by atoms with van der Waals surface area (Å²) in [7, 11) is 1.60. The summed E-state index contributed by atoms with van der Waals surface area (Å²) in [5, 5.41) is 9.32. The number of anilines is 1. The van der Waals surface area contributed by atoms with Crippen LogP contribution in [-0.4, -0.2) is 27.7 Å². The summed E-state index contributed by atoms with van der Waals surface area (Å²) in [6, 6.07) is 20.9. The maximum absolute atomic E-state index is 12.8. The maximum atomic E-state index is 12.8. The fraction of sp³-hybridized carbons (Fsp3) is 0.207. The second-order valence-corrected chi connectivity index (χ2v) is 11.3. The van der Waals surface area contributed by atoms with Gasteiger partial charge >= 0.3 is 0 Å². The molecule has 0 saturated carbocycles. The van der Waals surface area contributed by atoms with Crippen molar-refractivity contribution in [1.82, 2.24) is 14.8 Å². The lowest BCUT2D eigenvalue weighted by Crippen LogP contribution is -2.27. The van der Waals surface area contributed by atoms with Crippen LogP contribution in [0.2, 0.25) is 5.02 Å². The number of ketones is 1. The molecule has 1 N–H and O–H groups in total. The highest BCUT2D eigenvalue weighted by Gasteiger charge is 2.33. The number of Topliss-reactive ketones (excluding diaryl/α,β-unsaturated/α-hetero) is 1. The third-order valence-corrected chi connectivity index (χ3v) is 8.06. The fourth-order valence-electron chi connectivity index (χ4n) is 4.48. The van der Waals surface area contributed by atoms with Crippen LogP contribution < -0.4 is 14.8 Å². The van der Waals surface area contributed by atoms with E-state index < -0.39 is 6.04 Å². The van der Waals surface area contributed by atoms with Gasteiger partial charge in [0.1, 0.15) is 12.6 Å². The lowest BCUT2D eigenvalue weighted by Gasteiger charge is -2.28. The van der Waals surface area contributed by atoms with Gasteiger partial charge in [-0.3, -0.25) is 4.79 Å². The Labute approximate surface area is 244 Å². The standard InChI is InChI=1S/C29H26BrClN4O3S/c1-17-26(18(2)36)27(35-28(32-17)33-29(34-35)39-16-21-8-4-5-10-23(21)31)20-11-12-24(25(14-20)37-3)38-15-19-7-6-9-22(30)13-19/h4-14,27H,15-16H2,1-3H3,(H,32,33,34). The van der Waals surface area contributed by atoms with Gasteiger partial charge < -0.3 is 14.8 Å². The first-order chi connectivity index (χ1) is 18.8. The molecule has 0 bridgehead atoms. The van der Waals surface area contributed by atoms with Crippen LogP contribution in [0.15, 0.2) is 87.6 Å². The molecule has 0 fully saturated rings. The molecular formula is C29H26BrClN4O3S. The van der Waals surface area contributed by atoms with Crippen LogP contribution in [0.3, 0.4) is 0 Å². The van der Waals surface area contributed by atoms with Crippen molar-refractivity contribution in [2.75, 3.05) is 12.4 Å². The highest BCUT2D eigenvalue weighted by molar-refractivity contribution is 9.10. The first-order valence-corrected chi connectivity index (χ1v) is 14.4. The number of allylic oxidation sites excluding steroid dienone is 2. The first-order valence-electron chi connectivity index (χ1n) is 12.2. The predicted octanol–water partition coefficient (Wildman–Crippen LogP) is 7.45. The van der Waals surface area contributed by atoms with Gasteiger partial charge in [-0.05, 0) is 60.9 Å². The predicted molar refractivity (Wildman–Crippen MR) is 158 cm³/mol. The molecule has 0 aliphatic carbocycles. The topological polar surface area (TPSA) is 78.3 Å². The molecule has 10 heteroatoms. The minimum absolute atomic E-state index is 0.0506. The SMILES string of the molecule is COc1cc(C2C(C(C)=O)=C(C)Nc3nc(SCc4ccccc4Cl)nn32)ccc1OCc1cccc(Br)c1. The average Bonchev–Trinajstić information content (AvgIpc) is 3.32. The molecule has 0 saturated heterocycles. The van der Waals surface area contributed by atoms with E-state index in [0.717, 1.165) is 26.9 Å². The van der Waals surface area contributed by atoms with E-state index in [-0.39, 0.29) is 5.78 Å². The lowest BCUT2D eigenvalue weighted by molar-refractivity contribution is -0.114. The van der Waals surface area contributed by atoms with E-state index in [2.05, 4.69) is 21.2 Å². The summed E-state index contributed by atoms with van der Waals surface area (Å²) in [4.78, 5) is 17.5. The molecule has 39 heavy (non-hydrogen) atoms. The third kappa shape index (κ3) is 6.00. The molecule has 4 aromatic rings. The molecule has 1 aliphatic heterocycles. The van der Waals surface area contributed by atoms with E-state index in [1.807, 2.05) is 73.7 Å². The number of fused-ring (bicyclic) bond motifs is 1. The van der Waals surface area contributed by atoms with E-state index in [9.17, 15) is 4.79 Å². The molecule has 1 unspecified atom stereocenters. The largest absolute Gasteiger partial charge is 0.493 e. The number of hydrogen-bond acceptors (Lipinski definition) is 7. The van der Waals surface area contributed by atoms with Crippen LogP contribution >= 0.6 is 39.3 Å². The first kappa shape index (κ1) is 27.3. The zero-order valence-corrected chi connectivity index (χ0v) is 24.7. The number of methoxy groups -OCH3 is 1. The fourth-order valence-corrected chi connectivity index (χ4v) is 6.04. The van der Waals surface area contributed by atoms with Crippen LogP contribution in [0.25, 0.3) is 0 Å². The number of benzene rings is 3. The number of rotatable bonds is 9. The Hall–Kier alpha value is -3.27. The van der Waals surface area contributed by atoms with E-state index in [1.165, 1.54) is 11.8 Å². The van der Waals surface area contributed by atoms with Gasteiger partial charge in [-0.25, -0.2) is 4.68 Å². The van der Waals surface area contributed by atoms with E-state index in [1.54, 1.807) is 18.7 Å². The highest BCUT2D eigenvalue weighted by atomic mass is 79.9. The number of hydrogen-bond donors (Lipinski definition) is 1. The summed E-state index contributed by atoms with van der Waals surface area (Å²) in [5.74, 6) is 2.31. The van der Waals surface area contributed by atoms with Gasteiger partial charge in [0.2, 0.25) is 11.1 Å². The number of nitrogens with one attached hydrogen (secondary N) is 1. The van der Waals surface area contributed by atoms with Crippen LogP contribution in [0.5, 0.6) is 11.5 Å². The number of thioether (sulfide) groups is 1. The van der Waals surface area contributed by atoms with E-state index >= 15 is 0 Å². The lowest BCUT2D eigenvalue weighted by atomic mass is 9.93. The van der Waals surface area contributed by atoms with Crippen LogP contribution in [0.4, 0.5) is 5.95 Å². The summed E-state index contributed by atoms with van der Waals surface area (Å²) < 4.78 is 14.5. The average molecular weight is 626 g/mol. The molecule has 7 nitrogen and oxygen atoms in total. The van der Waals surface area contributed by atoms with Gasteiger partial charge in [0.25, 0.3) is 0 Å². The number of carbonyl (C=O) groups excluding carboxylic acids is 1. The number of halogens is 2. The van der Waals surface area contributed by atoms with Crippen molar-refractivity contribution in [2.24, 2.45) is 0 Å². The second kappa shape index (κ2) is 11.9. The van der Waals surface area contributed by atoms with Gasteiger partial charge in [0.15, 0.2) is 17.3 Å². The second-order valence-electron chi connectivity index (χ2n) is 8.99. The van der Waals surface area contributed by atoms with Crippen LogP contribution in [-0.2, 0) is 17.2 Å². The monoisotopic (exact) mass is 624 g/mol. The Balaban J connectivity index is 1.45. The van der Waals surface area contributed by atoms with Gasteiger partial charge in [-0.1, -0.05) is 75.7 Å². The zero-order valence-electron chi connectivity index (χ0n) is 21.6. The van der Waals surface area contributed by atoms with E-state index in [4.69, 9.17) is 31.2 Å². The zero-order chi connectivity index (χ0) is 27.5. The highest BCUT2D eigenvalue weighted by Crippen LogP contribution is 2.40. The van der Waals surface area contributed by atoms with Crippen molar-refractivity contribution >= 4 is 51.0 Å². The minimum atomic E-state index is -0.478. The van der Waals surface area contributed by atoms with Crippen molar-refractivity contribution < 1.29 is 14.3 Å². The summed E-state index contributed by atoms with van der Waals surface area (Å²) in [6.45, 7) is 3.83. The summed E-state index contributed by atoms with van der Waals surface area (Å²) in [6.07, 6.45) is 0. The Morgan fingerprint density at radius 2 is 1.95 bits per heavy atom. The van der Waals surface area contributed by atoms with Crippen molar-refractivity contribution in [2.45, 2.75) is 37.4 Å². The maximum Gasteiger partial charge on any atom is 0.227 e. The Kier molecular flexibility index (Phi) is 8.30. The molecule has 1 aliphatic rings. The van der Waals surface area contributed by atoms with Crippen molar-refractivity contribution in [3.05, 3.63) is 104 Å². The molecule has 1 aromatic heterocycles. The quantitative estimate of drug-likeness (QED) is 0.194. The third-order valence-electron chi connectivity index (χ3n) is 6.31. The van der Waals surface area contributed by atoms with Gasteiger partial charge in [-0.2, -0.15) is 4.98 Å².